The van der Waals surface area contributed by atoms with E-state index in [-0.39, 0.29) is 11.5 Å². The summed E-state index contributed by atoms with van der Waals surface area (Å²) in [4.78, 5) is 13.4. The predicted octanol–water partition coefficient (Wildman–Crippen LogP) is 2.24. The minimum Gasteiger partial charge on any atom is -0.444 e. The molecular weight excluding hydrogens is 216 g/mol. The van der Waals surface area contributed by atoms with Crippen molar-refractivity contribution in [2.75, 3.05) is 19.6 Å². The van der Waals surface area contributed by atoms with Crippen molar-refractivity contribution < 1.29 is 9.53 Å². The number of amides is 1. The standard InChI is InChI=1S/C13H26N2O2/c1-12(2,3)9-14-10-7-15(8-10)11(16)17-13(4,5)6/h10,14H,7-9H2,1-6H3. The fraction of sp³-hybridized carbons (Fsp3) is 0.923. The molecule has 1 aliphatic rings. The van der Waals surface area contributed by atoms with Gasteiger partial charge in [-0.25, -0.2) is 4.79 Å². The maximum Gasteiger partial charge on any atom is 0.410 e. The van der Waals surface area contributed by atoms with Crippen molar-refractivity contribution in [2.45, 2.75) is 53.2 Å². The van der Waals surface area contributed by atoms with Crippen molar-refractivity contribution in [2.24, 2.45) is 5.41 Å². The van der Waals surface area contributed by atoms with E-state index < -0.39 is 5.60 Å². The number of ether oxygens (including phenoxy) is 1. The molecule has 0 radical (unpaired) electrons. The summed E-state index contributed by atoms with van der Waals surface area (Å²) < 4.78 is 5.29. The minimum absolute atomic E-state index is 0.202. The van der Waals surface area contributed by atoms with Crippen molar-refractivity contribution >= 4 is 6.09 Å². The molecule has 0 aromatic heterocycles. The van der Waals surface area contributed by atoms with Gasteiger partial charge in [-0.2, -0.15) is 0 Å². The molecule has 0 bridgehead atoms. The van der Waals surface area contributed by atoms with Crippen LogP contribution in [-0.2, 0) is 4.74 Å². The van der Waals surface area contributed by atoms with Crippen LogP contribution in [0.15, 0.2) is 0 Å². The minimum atomic E-state index is -0.402. The molecule has 1 rings (SSSR count). The molecule has 1 fully saturated rings. The Balaban J connectivity index is 2.21. The van der Waals surface area contributed by atoms with Gasteiger partial charge in [-0.1, -0.05) is 20.8 Å². The largest absolute Gasteiger partial charge is 0.444 e. The lowest BCUT2D eigenvalue weighted by Crippen LogP contribution is -2.61. The topological polar surface area (TPSA) is 41.6 Å². The van der Waals surface area contributed by atoms with Gasteiger partial charge >= 0.3 is 6.09 Å². The second-order valence-electron chi connectivity index (χ2n) is 7.02. The van der Waals surface area contributed by atoms with Crippen LogP contribution in [0.5, 0.6) is 0 Å². The van der Waals surface area contributed by atoms with Crippen LogP contribution in [0.3, 0.4) is 0 Å². The van der Waals surface area contributed by atoms with Gasteiger partial charge in [0, 0.05) is 25.7 Å². The van der Waals surface area contributed by atoms with E-state index in [2.05, 4.69) is 26.1 Å². The Bertz CT molecular complexity index is 270. The van der Waals surface area contributed by atoms with E-state index in [9.17, 15) is 4.79 Å². The zero-order chi connectivity index (χ0) is 13.3. The fourth-order valence-corrected chi connectivity index (χ4v) is 1.53. The Morgan fingerprint density at radius 1 is 1.24 bits per heavy atom. The number of nitrogens with zero attached hydrogens (tertiary/aromatic N) is 1. The number of likely N-dealkylation sites (tertiary alicyclic amines) is 1. The van der Waals surface area contributed by atoms with E-state index in [1.807, 2.05) is 20.8 Å². The Kier molecular flexibility index (Phi) is 4.07. The third-order valence-electron chi connectivity index (χ3n) is 2.45. The summed E-state index contributed by atoms with van der Waals surface area (Å²) in [6, 6.07) is 0.418. The highest BCUT2D eigenvalue weighted by atomic mass is 16.6. The second-order valence-corrected chi connectivity index (χ2v) is 7.02. The van der Waals surface area contributed by atoms with Crippen molar-refractivity contribution in [1.29, 1.82) is 0 Å². The zero-order valence-corrected chi connectivity index (χ0v) is 12.0. The molecule has 0 aromatic rings. The van der Waals surface area contributed by atoms with Crippen LogP contribution in [0.1, 0.15) is 41.5 Å². The van der Waals surface area contributed by atoms with E-state index in [1.54, 1.807) is 4.90 Å². The SMILES string of the molecule is CC(C)(C)CNC1CN(C(=O)OC(C)(C)C)C1. The molecule has 1 heterocycles. The van der Waals surface area contributed by atoms with Crippen LogP contribution in [0.2, 0.25) is 0 Å². The Morgan fingerprint density at radius 3 is 2.18 bits per heavy atom. The summed E-state index contributed by atoms with van der Waals surface area (Å²) in [5.74, 6) is 0. The lowest BCUT2D eigenvalue weighted by atomic mass is 9.96. The van der Waals surface area contributed by atoms with Gasteiger partial charge < -0.3 is 15.0 Å². The van der Waals surface area contributed by atoms with E-state index in [4.69, 9.17) is 4.74 Å². The highest BCUT2D eigenvalue weighted by molar-refractivity contribution is 5.69. The van der Waals surface area contributed by atoms with Crippen molar-refractivity contribution in [3.05, 3.63) is 0 Å². The Morgan fingerprint density at radius 2 is 1.76 bits per heavy atom. The first-order valence-corrected chi connectivity index (χ1v) is 6.28. The summed E-state index contributed by atoms with van der Waals surface area (Å²) in [6.07, 6.45) is -0.202. The zero-order valence-electron chi connectivity index (χ0n) is 12.0. The fourth-order valence-electron chi connectivity index (χ4n) is 1.53. The number of nitrogens with one attached hydrogen (secondary N) is 1. The average molecular weight is 242 g/mol. The maximum atomic E-state index is 11.7. The summed E-state index contributed by atoms with van der Waals surface area (Å²) in [6.45, 7) is 14.7. The van der Waals surface area contributed by atoms with Crippen LogP contribution < -0.4 is 5.32 Å². The molecule has 1 amide bonds. The van der Waals surface area contributed by atoms with E-state index in [0.717, 1.165) is 19.6 Å². The summed E-state index contributed by atoms with van der Waals surface area (Å²) in [7, 11) is 0. The van der Waals surface area contributed by atoms with Crippen molar-refractivity contribution in [1.82, 2.24) is 10.2 Å². The van der Waals surface area contributed by atoms with Crippen LogP contribution in [0.4, 0.5) is 4.79 Å². The number of rotatable bonds is 2. The molecule has 0 aromatic carbocycles. The molecule has 17 heavy (non-hydrogen) atoms. The van der Waals surface area contributed by atoms with Gasteiger partial charge in [-0.05, 0) is 26.2 Å². The van der Waals surface area contributed by atoms with Gasteiger partial charge in [0.25, 0.3) is 0 Å². The molecule has 4 heteroatoms. The van der Waals surface area contributed by atoms with E-state index in [0.29, 0.717) is 6.04 Å². The maximum absolute atomic E-state index is 11.7. The van der Waals surface area contributed by atoms with Gasteiger partial charge in [0.05, 0.1) is 0 Å². The summed E-state index contributed by atoms with van der Waals surface area (Å²) in [5, 5.41) is 3.46. The molecule has 0 spiro atoms. The molecule has 1 N–H and O–H groups in total. The molecule has 0 saturated carbocycles. The summed E-state index contributed by atoms with van der Waals surface area (Å²) in [5.41, 5.74) is -0.118. The molecule has 0 atom stereocenters. The predicted molar refractivity (Wildman–Crippen MR) is 69.1 cm³/mol. The number of carbonyl (C=O) groups is 1. The lowest BCUT2D eigenvalue weighted by molar-refractivity contribution is 0.00467. The molecule has 1 saturated heterocycles. The highest BCUT2D eigenvalue weighted by Gasteiger charge is 2.33. The Hall–Kier alpha value is -0.770. The third kappa shape index (κ3) is 5.39. The van der Waals surface area contributed by atoms with Gasteiger partial charge in [0.1, 0.15) is 5.60 Å². The quantitative estimate of drug-likeness (QED) is 0.807. The lowest BCUT2D eigenvalue weighted by Gasteiger charge is -2.41. The first-order chi connectivity index (χ1) is 7.57. The third-order valence-corrected chi connectivity index (χ3v) is 2.45. The first-order valence-electron chi connectivity index (χ1n) is 6.28. The molecule has 0 unspecified atom stereocenters. The molecule has 4 nitrogen and oxygen atoms in total. The van der Waals surface area contributed by atoms with Gasteiger partial charge in [-0.3, -0.25) is 0 Å². The van der Waals surface area contributed by atoms with E-state index >= 15 is 0 Å². The molecule has 0 aliphatic carbocycles. The summed E-state index contributed by atoms with van der Waals surface area (Å²) >= 11 is 0. The number of hydrogen-bond acceptors (Lipinski definition) is 3. The van der Waals surface area contributed by atoms with Gasteiger partial charge in [0.15, 0.2) is 0 Å². The van der Waals surface area contributed by atoms with Crippen LogP contribution in [0, 0.1) is 5.41 Å². The molecule has 100 valence electrons. The van der Waals surface area contributed by atoms with Gasteiger partial charge in [0.2, 0.25) is 0 Å². The number of carbonyl (C=O) groups excluding carboxylic acids is 1. The van der Waals surface area contributed by atoms with Crippen LogP contribution in [-0.4, -0.2) is 42.3 Å². The van der Waals surface area contributed by atoms with Gasteiger partial charge in [-0.15, -0.1) is 0 Å². The Labute approximate surface area is 105 Å². The molecular formula is C13H26N2O2. The van der Waals surface area contributed by atoms with Crippen LogP contribution >= 0.6 is 0 Å². The highest BCUT2D eigenvalue weighted by Crippen LogP contribution is 2.17. The van der Waals surface area contributed by atoms with E-state index in [1.165, 1.54) is 0 Å². The normalized spacial score (nSPS) is 17.9. The van der Waals surface area contributed by atoms with Crippen molar-refractivity contribution in [3.63, 3.8) is 0 Å². The number of hydrogen-bond donors (Lipinski definition) is 1. The monoisotopic (exact) mass is 242 g/mol. The van der Waals surface area contributed by atoms with Crippen molar-refractivity contribution in [3.8, 4) is 0 Å². The second kappa shape index (κ2) is 4.84. The molecule has 1 aliphatic heterocycles. The smallest absolute Gasteiger partial charge is 0.410 e. The first kappa shape index (κ1) is 14.3. The average Bonchev–Trinajstić information content (AvgIpc) is 1.94. The van der Waals surface area contributed by atoms with Crippen LogP contribution in [0.25, 0.3) is 0 Å².